The zero-order valence-corrected chi connectivity index (χ0v) is 11.0. The summed E-state index contributed by atoms with van der Waals surface area (Å²) in [5.74, 6) is 1.40. The Labute approximate surface area is 111 Å². The van der Waals surface area contributed by atoms with Crippen LogP contribution in [0.15, 0.2) is 40.8 Å². The second kappa shape index (κ2) is 4.55. The van der Waals surface area contributed by atoms with Gasteiger partial charge < -0.3 is 9.52 Å². The fourth-order valence-corrected chi connectivity index (χ4v) is 2.36. The second-order valence-corrected chi connectivity index (χ2v) is 4.76. The lowest BCUT2D eigenvalue weighted by molar-refractivity contribution is 0.148. The molecule has 1 aromatic carbocycles. The minimum Gasteiger partial charge on any atom is -0.464 e. The van der Waals surface area contributed by atoms with Crippen LogP contribution in [-0.2, 0) is 13.5 Å². The van der Waals surface area contributed by atoms with Crippen molar-refractivity contribution in [3.8, 4) is 0 Å². The van der Waals surface area contributed by atoms with E-state index < -0.39 is 6.10 Å². The average molecular weight is 256 g/mol. The molecule has 98 valence electrons. The van der Waals surface area contributed by atoms with Crippen LogP contribution in [0.5, 0.6) is 0 Å². The van der Waals surface area contributed by atoms with Gasteiger partial charge in [0, 0.05) is 18.9 Å². The molecule has 0 spiro atoms. The Hall–Kier alpha value is -2.07. The maximum absolute atomic E-state index is 10.2. The van der Waals surface area contributed by atoms with Gasteiger partial charge in [-0.05, 0) is 25.1 Å². The Balaban J connectivity index is 1.93. The minimum absolute atomic E-state index is 0.453. The van der Waals surface area contributed by atoms with E-state index in [9.17, 15) is 5.11 Å². The zero-order valence-electron chi connectivity index (χ0n) is 11.0. The quantitative estimate of drug-likeness (QED) is 0.784. The Morgan fingerprint density at radius 1 is 1.26 bits per heavy atom. The van der Waals surface area contributed by atoms with Crippen LogP contribution in [-0.4, -0.2) is 14.9 Å². The molecule has 0 radical (unpaired) electrons. The number of hydrogen-bond acceptors (Lipinski definition) is 3. The van der Waals surface area contributed by atoms with E-state index in [-0.39, 0.29) is 0 Å². The first-order chi connectivity index (χ1) is 9.15. The van der Waals surface area contributed by atoms with Crippen molar-refractivity contribution in [2.75, 3.05) is 0 Å². The van der Waals surface area contributed by atoms with Crippen molar-refractivity contribution >= 4 is 10.9 Å². The first kappa shape index (κ1) is 12.0. The van der Waals surface area contributed by atoms with Gasteiger partial charge in [-0.2, -0.15) is 5.10 Å². The maximum Gasteiger partial charge on any atom is 0.133 e. The zero-order chi connectivity index (χ0) is 13.4. The Bertz CT molecular complexity index is 712. The van der Waals surface area contributed by atoms with Gasteiger partial charge >= 0.3 is 0 Å². The molecule has 4 nitrogen and oxygen atoms in total. The summed E-state index contributed by atoms with van der Waals surface area (Å²) in [5, 5.41) is 15.8. The average Bonchev–Trinajstić information content (AvgIpc) is 2.96. The Morgan fingerprint density at radius 3 is 2.79 bits per heavy atom. The number of nitrogens with zero attached hydrogens (tertiary/aromatic N) is 2. The lowest BCUT2D eigenvalue weighted by Crippen LogP contribution is -2.02. The molecule has 2 heterocycles. The van der Waals surface area contributed by atoms with Gasteiger partial charge in [-0.3, -0.25) is 4.68 Å². The lowest BCUT2D eigenvalue weighted by atomic mass is 10.1. The predicted molar refractivity (Wildman–Crippen MR) is 72.8 cm³/mol. The molecule has 4 heteroatoms. The normalized spacial score (nSPS) is 13.0. The third kappa shape index (κ3) is 2.15. The van der Waals surface area contributed by atoms with Crippen molar-refractivity contribution in [2.24, 2.45) is 7.05 Å². The Kier molecular flexibility index (Phi) is 2.87. The molecule has 0 bridgehead atoms. The van der Waals surface area contributed by atoms with E-state index in [0.717, 1.165) is 22.4 Å². The van der Waals surface area contributed by atoms with Crippen LogP contribution in [0.2, 0.25) is 0 Å². The van der Waals surface area contributed by atoms with Crippen molar-refractivity contribution < 1.29 is 9.52 Å². The van der Waals surface area contributed by atoms with Gasteiger partial charge in [0.15, 0.2) is 0 Å². The summed E-state index contributed by atoms with van der Waals surface area (Å²) in [6, 6.07) is 11.7. The molecule has 19 heavy (non-hydrogen) atoms. The molecule has 2 aromatic heterocycles. The van der Waals surface area contributed by atoms with E-state index in [2.05, 4.69) is 5.10 Å². The molecule has 1 atom stereocenters. The van der Waals surface area contributed by atoms with Gasteiger partial charge in [-0.25, -0.2) is 0 Å². The number of furan rings is 1. The highest BCUT2D eigenvalue weighted by Gasteiger charge is 2.16. The van der Waals surface area contributed by atoms with E-state index in [0.29, 0.717) is 12.2 Å². The number of aliphatic hydroxyl groups excluding tert-OH is 1. The van der Waals surface area contributed by atoms with Crippen molar-refractivity contribution in [1.82, 2.24) is 9.78 Å². The third-order valence-electron chi connectivity index (χ3n) is 3.31. The predicted octanol–water partition coefficient (Wildman–Crippen LogP) is 2.75. The van der Waals surface area contributed by atoms with E-state index >= 15 is 0 Å². The number of aliphatic hydroxyl groups is 1. The van der Waals surface area contributed by atoms with Gasteiger partial charge in [0.25, 0.3) is 0 Å². The first-order valence-corrected chi connectivity index (χ1v) is 6.30. The number of hydrogen-bond donors (Lipinski definition) is 1. The molecule has 3 aromatic rings. The van der Waals surface area contributed by atoms with Crippen LogP contribution in [0.3, 0.4) is 0 Å². The smallest absolute Gasteiger partial charge is 0.133 e. The highest BCUT2D eigenvalue weighted by molar-refractivity contribution is 5.81. The molecule has 0 amide bonds. The van der Waals surface area contributed by atoms with Crippen LogP contribution in [0.25, 0.3) is 10.9 Å². The Morgan fingerprint density at radius 2 is 2.05 bits per heavy atom. The van der Waals surface area contributed by atoms with Gasteiger partial charge in [0.1, 0.15) is 17.6 Å². The van der Waals surface area contributed by atoms with Crippen LogP contribution in [0, 0.1) is 6.92 Å². The molecule has 0 saturated carbocycles. The minimum atomic E-state index is -0.660. The van der Waals surface area contributed by atoms with Gasteiger partial charge in [0.05, 0.1) is 11.2 Å². The summed E-state index contributed by atoms with van der Waals surface area (Å²) in [7, 11) is 1.91. The largest absolute Gasteiger partial charge is 0.464 e. The molecule has 0 aliphatic carbocycles. The molecule has 0 aliphatic rings. The summed E-state index contributed by atoms with van der Waals surface area (Å²) in [6.45, 7) is 1.87. The number of fused-ring (bicyclic) bond motifs is 1. The van der Waals surface area contributed by atoms with Crippen molar-refractivity contribution in [3.05, 3.63) is 53.6 Å². The molecule has 0 saturated heterocycles. The van der Waals surface area contributed by atoms with E-state index in [1.165, 1.54) is 0 Å². The molecular weight excluding hydrogens is 240 g/mol. The number of para-hydroxylation sites is 1. The summed E-state index contributed by atoms with van der Waals surface area (Å²) < 4.78 is 7.29. The SMILES string of the molecule is Cc1ccc(C(O)Cc2nn(C)c3ccccc23)o1. The highest BCUT2D eigenvalue weighted by atomic mass is 16.4. The number of aryl methyl sites for hydroxylation is 2. The van der Waals surface area contributed by atoms with Crippen LogP contribution in [0.1, 0.15) is 23.3 Å². The van der Waals surface area contributed by atoms with Crippen LogP contribution >= 0.6 is 0 Å². The summed E-state index contributed by atoms with van der Waals surface area (Å²) >= 11 is 0. The number of rotatable bonds is 3. The van der Waals surface area contributed by atoms with Gasteiger partial charge in [-0.1, -0.05) is 18.2 Å². The third-order valence-corrected chi connectivity index (χ3v) is 3.31. The summed E-state index contributed by atoms with van der Waals surface area (Å²) in [4.78, 5) is 0. The molecule has 3 rings (SSSR count). The fraction of sp³-hybridized carbons (Fsp3) is 0.267. The molecule has 1 unspecified atom stereocenters. The highest BCUT2D eigenvalue weighted by Crippen LogP contribution is 2.24. The topological polar surface area (TPSA) is 51.2 Å². The monoisotopic (exact) mass is 256 g/mol. The number of aromatic nitrogens is 2. The maximum atomic E-state index is 10.2. The van der Waals surface area contributed by atoms with E-state index in [1.807, 2.05) is 55.1 Å². The molecule has 0 aliphatic heterocycles. The summed E-state index contributed by atoms with van der Waals surface area (Å²) in [5.41, 5.74) is 1.96. The standard InChI is InChI=1S/C15H16N2O2/c1-10-7-8-15(19-10)14(18)9-12-11-5-3-4-6-13(11)17(2)16-12/h3-8,14,18H,9H2,1-2H3. The second-order valence-electron chi connectivity index (χ2n) is 4.76. The van der Waals surface area contributed by atoms with Crippen molar-refractivity contribution in [2.45, 2.75) is 19.4 Å². The van der Waals surface area contributed by atoms with E-state index in [1.54, 1.807) is 0 Å². The number of benzene rings is 1. The van der Waals surface area contributed by atoms with Crippen molar-refractivity contribution in [1.29, 1.82) is 0 Å². The fourth-order valence-electron chi connectivity index (χ4n) is 2.36. The molecule has 1 N–H and O–H groups in total. The van der Waals surface area contributed by atoms with Crippen molar-refractivity contribution in [3.63, 3.8) is 0 Å². The van der Waals surface area contributed by atoms with Gasteiger partial charge in [0.2, 0.25) is 0 Å². The first-order valence-electron chi connectivity index (χ1n) is 6.30. The summed E-state index contributed by atoms with van der Waals surface area (Å²) in [6.07, 6.45) is -0.207. The van der Waals surface area contributed by atoms with Crippen LogP contribution < -0.4 is 0 Å². The molecule has 0 fully saturated rings. The van der Waals surface area contributed by atoms with E-state index in [4.69, 9.17) is 4.42 Å². The van der Waals surface area contributed by atoms with Gasteiger partial charge in [-0.15, -0.1) is 0 Å². The van der Waals surface area contributed by atoms with Crippen LogP contribution in [0.4, 0.5) is 0 Å². The molecular formula is C15H16N2O2. The lowest BCUT2D eigenvalue weighted by Gasteiger charge is -2.05.